The second-order valence-corrected chi connectivity index (χ2v) is 7.44. The van der Waals surface area contributed by atoms with Crippen molar-refractivity contribution in [2.45, 2.75) is 24.9 Å². The Morgan fingerprint density at radius 1 is 1.13 bits per heavy atom. The normalized spacial score (nSPS) is 13.1. The standard InChI is InChI=1S/C20H18F2N4O3S/c1-20(24,19(21)22)16(18(28)26-29)25-17(27)13-8-6-12(7-9-13)4-2-3-5-14-10-11-15(23)30-14/h6-11,16,19,29H,23-24H2,1H3,(H,25,27)(H,26,28)/t16-,20?/m1/s1. The van der Waals surface area contributed by atoms with Crippen LogP contribution >= 0.6 is 11.3 Å². The molecule has 2 atom stereocenters. The van der Waals surface area contributed by atoms with Crippen molar-refractivity contribution in [1.29, 1.82) is 0 Å². The second kappa shape index (κ2) is 9.85. The van der Waals surface area contributed by atoms with Gasteiger partial charge in [-0.05, 0) is 61.1 Å². The molecule has 156 valence electrons. The predicted octanol–water partition coefficient (Wildman–Crippen LogP) is 1.32. The number of carbonyl (C=O) groups excluding carboxylic acids is 2. The molecule has 0 bridgehead atoms. The molecule has 1 heterocycles. The topological polar surface area (TPSA) is 130 Å². The zero-order chi connectivity index (χ0) is 22.3. The molecular formula is C20H18F2N4O3S. The molecule has 0 radical (unpaired) electrons. The minimum atomic E-state index is -3.13. The van der Waals surface area contributed by atoms with Crippen molar-refractivity contribution < 1.29 is 23.6 Å². The maximum Gasteiger partial charge on any atom is 0.268 e. The van der Waals surface area contributed by atoms with Gasteiger partial charge >= 0.3 is 0 Å². The number of benzene rings is 1. The quantitative estimate of drug-likeness (QED) is 0.276. The zero-order valence-corrected chi connectivity index (χ0v) is 16.5. The van der Waals surface area contributed by atoms with Gasteiger partial charge in [-0.15, -0.1) is 11.3 Å². The molecule has 7 nitrogen and oxygen atoms in total. The molecule has 2 rings (SSSR count). The van der Waals surface area contributed by atoms with Crippen LogP contribution in [0, 0.1) is 23.7 Å². The molecule has 2 aromatic rings. The van der Waals surface area contributed by atoms with Crippen molar-refractivity contribution in [3.05, 3.63) is 52.4 Å². The van der Waals surface area contributed by atoms with Crippen LogP contribution in [0.2, 0.25) is 0 Å². The lowest BCUT2D eigenvalue weighted by atomic mass is 9.92. The molecule has 2 amide bonds. The molecule has 7 N–H and O–H groups in total. The van der Waals surface area contributed by atoms with Crippen molar-refractivity contribution in [2.24, 2.45) is 5.73 Å². The van der Waals surface area contributed by atoms with Gasteiger partial charge in [0.1, 0.15) is 11.6 Å². The summed E-state index contributed by atoms with van der Waals surface area (Å²) in [6, 6.07) is 7.53. The lowest BCUT2D eigenvalue weighted by molar-refractivity contribution is -0.134. The van der Waals surface area contributed by atoms with Crippen LogP contribution < -0.4 is 22.3 Å². The summed E-state index contributed by atoms with van der Waals surface area (Å²) in [5.74, 6) is 8.91. The number of hydrogen-bond donors (Lipinski definition) is 5. The number of hydrogen-bond acceptors (Lipinski definition) is 6. The molecule has 1 aromatic heterocycles. The van der Waals surface area contributed by atoms with E-state index in [4.69, 9.17) is 16.7 Å². The van der Waals surface area contributed by atoms with Crippen molar-refractivity contribution in [2.75, 3.05) is 5.73 Å². The van der Waals surface area contributed by atoms with E-state index in [1.807, 2.05) is 0 Å². The first kappa shape index (κ1) is 22.8. The lowest BCUT2D eigenvalue weighted by Gasteiger charge is -2.32. The first-order valence-electron chi connectivity index (χ1n) is 8.44. The van der Waals surface area contributed by atoms with Gasteiger partial charge in [0.05, 0.1) is 9.88 Å². The number of thiophene rings is 1. The van der Waals surface area contributed by atoms with Crippen LogP contribution in [0.15, 0.2) is 36.4 Å². The van der Waals surface area contributed by atoms with Gasteiger partial charge in [-0.1, -0.05) is 5.92 Å². The molecule has 0 saturated heterocycles. The Morgan fingerprint density at radius 2 is 1.77 bits per heavy atom. The van der Waals surface area contributed by atoms with Gasteiger partial charge in [0.25, 0.3) is 18.2 Å². The Labute approximate surface area is 175 Å². The number of alkyl halides is 2. The zero-order valence-electron chi connectivity index (χ0n) is 15.7. The maximum absolute atomic E-state index is 13.2. The van der Waals surface area contributed by atoms with Gasteiger partial charge in [-0.2, -0.15) is 0 Å². The van der Waals surface area contributed by atoms with Gasteiger partial charge in [-0.25, -0.2) is 14.3 Å². The Balaban J connectivity index is 2.10. The molecule has 0 aliphatic heterocycles. The number of nitrogens with two attached hydrogens (primary N) is 2. The van der Waals surface area contributed by atoms with Crippen LogP contribution in [-0.2, 0) is 4.79 Å². The van der Waals surface area contributed by atoms with E-state index < -0.39 is 29.8 Å². The van der Waals surface area contributed by atoms with Crippen molar-refractivity contribution in [1.82, 2.24) is 10.8 Å². The van der Waals surface area contributed by atoms with E-state index in [0.717, 1.165) is 11.8 Å². The van der Waals surface area contributed by atoms with E-state index in [2.05, 4.69) is 29.0 Å². The summed E-state index contributed by atoms with van der Waals surface area (Å²) in [5, 5.41) is 11.5. The van der Waals surface area contributed by atoms with Crippen molar-refractivity contribution in [3.63, 3.8) is 0 Å². The number of rotatable bonds is 5. The highest BCUT2D eigenvalue weighted by Crippen LogP contribution is 2.18. The number of amides is 2. The second-order valence-electron chi connectivity index (χ2n) is 6.33. The van der Waals surface area contributed by atoms with Crippen LogP contribution in [0.1, 0.15) is 27.7 Å². The van der Waals surface area contributed by atoms with E-state index >= 15 is 0 Å². The van der Waals surface area contributed by atoms with Crippen LogP contribution in [0.25, 0.3) is 0 Å². The third-order valence-electron chi connectivity index (χ3n) is 3.97. The smallest absolute Gasteiger partial charge is 0.268 e. The number of halogens is 2. The molecule has 0 saturated carbocycles. The molecule has 1 unspecified atom stereocenters. The lowest BCUT2D eigenvalue weighted by Crippen LogP contribution is -2.66. The van der Waals surface area contributed by atoms with Gasteiger partial charge in [0.2, 0.25) is 0 Å². The van der Waals surface area contributed by atoms with E-state index in [0.29, 0.717) is 10.6 Å². The Hall–Kier alpha value is -3.44. The average molecular weight is 432 g/mol. The van der Waals surface area contributed by atoms with Crippen LogP contribution in [0.4, 0.5) is 13.8 Å². The highest BCUT2D eigenvalue weighted by molar-refractivity contribution is 7.16. The van der Waals surface area contributed by atoms with Crippen molar-refractivity contribution >= 4 is 28.2 Å². The third-order valence-corrected chi connectivity index (χ3v) is 4.80. The van der Waals surface area contributed by atoms with Gasteiger partial charge in [0.15, 0.2) is 0 Å². The molecule has 1 aromatic carbocycles. The summed E-state index contributed by atoms with van der Waals surface area (Å²) >= 11 is 1.34. The highest BCUT2D eigenvalue weighted by atomic mass is 32.1. The van der Waals surface area contributed by atoms with E-state index in [-0.39, 0.29) is 5.56 Å². The van der Waals surface area contributed by atoms with Crippen LogP contribution in [0.5, 0.6) is 0 Å². The third kappa shape index (κ3) is 5.78. The Morgan fingerprint density at radius 3 is 2.30 bits per heavy atom. The fraction of sp³-hybridized carbons (Fsp3) is 0.200. The molecule has 0 spiro atoms. The largest absolute Gasteiger partial charge is 0.391 e. The number of nitrogen functional groups attached to an aromatic ring is 1. The highest BCUT2D eigenvalue weighted by Gasteiger charge is 2.44. The minimum absolute atomic E-state index is 0.0847. The molecule has 0 aliphatic rings. The SMILES string of the molecule is CC(N)(C(F)F)[C@H](NC(=O)c1ccc(C#CC#Cc2ccc(N)s2)cc1)C(=O)NO. The molecule has 0 aliphatic carbocycles. The summed E-state index contributed by atoms with van der Waals surface area (Å²) in [4.78, 5) is 24.8. The van der Waals surface area contributed by atoms with Crippen LogP contribution in [0.3, 0.4) is 0 Å². The maximum atomic E-state index is 13.2. The molecule has 10 heteroatoms. The Kier molecular flexibility index (Phi) is 7.50. The summed E-state index contributed by atoms with van der Waals surface area (Å²) in [5.41, 5.74) is 10.6. The minimum Gasteiger partial charge on any atom is -0.391 e. The predicted molar refractivity (Wildman–Crippen MR) is 109 cm³/mol. The van der Waals surface area contributed by atoms with Gasteiger partial charge in [-0.3, -0.25) is 14.8 Å². The summed E-state index contributed by atoms with van der Waals surface area (Å²) < 4.78 is 26.3. The summed E-state index contributed by atoms with van der Waals surface area (Å²) in [7, 11) is 0. The van der Waals surface area contributed by atoms with Crippen molar-refractivity contribution in [3.8, 4) is 23.7 Å². The number of nitrogens with one attached hydrogen (secondary N) is 2. The number of anilines is 1. The molecular weight excluding hydrogens is 414 g/mol. The fourth-order valence-corrected chi connectivity index (χ4v) is 2.86. The molecule has 0 fully saturated rings. The average Bonchev–Trinajstić information content (AvgIpc) is 3.13. The first-order chi connectivity index (χ1) is 14.1. The molecule has 30 heavy (non-hydrogen) atoms. The summed E-state index contributed by atoms with van der Waals surface area (Å²) in [6.07, 6.45) is -3.13. The Bertz CT molecular complexity index is 1040. The van der Waals surface area contributed by atoms with E-state index in [1.165, 1.54) is 41.1 Å². The van der Waals surface area contributed by atoms with E-state index in [1.54, 1.807) is 12.1 Å². The summed E-state index contributed by atoms with van der Waals surface area (Å²) in [6.45, 7) is 0.891. The van der Waals surface area contributed by atoms with Crippen LogP contribution in [-0.4, -0.2) is 35.0 Å². The fourth-order valence-electron chi connectivity index (χ4n) is 2.23. The van der Waals surface area contributed by atoms with E-state index in [9.17, 15) is 18.4 Å². The first-order valence-corrected chi connectivity index (χ1v) is 9.26. The van der Waals surface area contributed by atoms with Gasteiger partial charge in [0, 0.05) is 11.1 Å². The monoisotopic (exact) mass is 432 g/mol. The number of carbonyl (C=O) groups is 2. The van der Waals surface area contributed by atoms with Gasteiger partial charge < -0.3 is 16.8 Å². The number of hydroxylamine groups is 1.